The van der Waals surface area contributed by atoms with Crippen molar-refractivity contribution in [2.75, 3.05) is 6.54 Å². The Kier molecular flexibility index (Phi) is 3.62. The summed E-state index contributed by atoms with van der Waals surface area (Å²) in [5.41, 5.74) is 3.14. The van der Waals surface area contributed by atoms with Crippen LogP contribution in [0.5, 0.6) is 0 Å². The van der Waals surface area contributed by atoms with Gasteiger partial charge in [0.25, 0.3) is 0 Å². The van der Waals surface area contributed by atoms with Gasteiger partial charge >= 0.3 is 0 Å². The van der Waals surface area contributed by atoms with E-state index in [1.54, 1.807) is 16.0 Å². The van der Waals surface area contributed by atoms with Gasteiger partial charge in [-0.15, -0.1) is 11.3 Å². The van der Waals surface area contributed by atoms with Gasteiger partial charge in [-0.1, -0.05) is 17.7 Å². The molecule has 0 fully saturated rings. The van der Waals surface area contributed by atoms with Crippen molar-refractivity contribution in [3.63, 3.8) is 0 Å². The van der Waals surface area contributed by atoms with Crippen LogP contribution in [0.4, 0.5) is 0 Å². The Bertz CT molecular complexity index is 309. The molecule has 0 saturated heterocycles. The molecule has 0 aromatic carbocycles. The minimum absolute atomic E-state index is 0.853. The Labute approximate surface area is 93.8 Å². The van der Waals surface area contributed by atoms with E-state index in [1.807, 2.05) is 17.4 Å². The van der Waals surface area contributed by atoms with Crippen molar-refractivity contribution in [1.82, 2.24) is 5.32 Å². The zero-order valence-corrected chi connectivity index (χ0v) is 9.63. The predicted molar refractivity (Wildman–Crippen MR) is 63.0 cm³/mol. The maximum Gasteiger partial charge on any atom is 0.0302 e. The fourth-order valence-electron chi connectivity index (χ4n) is 1.80. The molecule has 1 aromatic heterocycles. The Morgan fingerprint density at radius 2 is 2.43 bits per heavy atom. The van der Waals surface area contributed by atoms with E-state index >= 15 is 0 Å². The lowest BCUT2D eigenvalue weighted by Gasteiger charge is -1.97. The van der Waals surface area contributed by atoms with Gasteiger partial charge in [0.15, 0.2) is 0 Å². The van der Waals surface area contributed by atoms with E-state index in [0.717, 1.165) is 13.1 Å². The molecule has 0 aliphatic heterocycles. The van der Waals surface area contributed by atoms with Crippen molar-refractivity contribution in [1.29, 1.82) is 0 Å². The molecular weight excluding hydrogens is 214 g/mol. The number of aryl methyl sites for hydroxylation is 2. The number of hydrogen-bond acceptors (Lipinski definition) is 2. The van der Waals surface area contributed by atoms with Crippen LogP contribution >= 0.6 is 22.9 Å². The summed E-state index contributed by atoms with van der Waals surface area (Å²) >= 11 is 7.39. The van der Waals surface area contributed by atoms with Crippen LogP contribution in [0.3, 0.4) is 0 Å². The van der Waals surface area contributed by atoms with Crippen LogP contribution < -0.4 is 5.32 Å². The molecule has 0 spiro atoms. The molecular formula is C11H14ClNS. The number of nitrogens with one attached hydrogen (secondary N) is 1. The summed E-state index contributed by atoms with van der Waals surface area (Å²) < 4.78 is 0. The lowest BCUT2D eigenvalue weighted by atomic mass is 10.2. The van der Waals surface area contributed by atoms with Crippen LogP contribution in [0.15, 0.2) is 17.7 Å². The molecule has 1 aliphatic rings. The van der Waals surface area contributed by atoms with Gasteiger partial charge in [-0.2, -0.15) is 0 Å². The van der Waals surface area contributed by atoms with Crippen LogP contribution in [-0.4, -0.2) is 6.54 Å². The van der Waals surface area contributed by atoms with Crippen molar-refractivity contribution in [3.8, 4) is 0 Å². The second kappa shape index (κ2) is 4.96. The maximum absolute atomic E-state index is 5.43. The van der Waals surface area contributed by atoms with E-state index in [2.05, 4.69) is 11.4 Å². The molecule has 0 saturated carbocycles. The number of hydrogen-bond donors (Lipinski definition) is 1. The summed E-state index contributed by atoms with van der Waals surface area (Å²) in [6, 6.07) is 2.35. The van der Waals surface area contributed by atoms with Crippen LogP contribution in [0.1, 0.15) is 21.7 Å². The second-order valence-corrected chi connectivity index (χ2v) is 4.98. The lowest BCUT2D eigenvalue weighted by Crippen LogP contribution is -2.11. The van der Waals surface area contributed by atoms with Gasteiger partial charge in [-0.05, 0) is 30.9 Å². The lowest BCUT2D eigenvalue weighted by molar-refractivity contribution is 0.769. The highest BCUT2D eigenvalue weighted by atomic mass is 35.5. The first-order valence-corrected chi connectivity index (χ1v) is 6.22. The minimum atomic E-state index is 0.853. The molecule has 0 bridgehead atoms. The van der Waals surface area contributed by atoms with E-state index in [9.17, 15) is 0 Å². The smallest absolute Gasteiger partial charge is 0.0302 e. The van der Waals surface area contributed by atoms with E-state index in [-0.39, 0.29) is 0 Å². The van der Waals surface area contributed by atoms with Crippen LogP contribution in [-0.2, 0) is 19.4 Å². The molecule has 0 unspecified atom stereocenters. The molecule has 2 rings (SSSR count). The number of rotatable bonds is 4. The maximum atomic E-state index is 5.43. The summed E-state index contributed by atoms with van der Waals surface area (Å²) in [7, 11) is 0. The van der Waals surface area contributed by atoms with Crippen LogP contribution in [0.25, 0.3) is 0 Å². The molecule has 0 radical (unpaired) electrons. The van der Waals surface area contributed by atoms with Gasteiger partial charge in [0.1, 0.15) is 0 Å². The first kappa shape index (κ1) is 10.2. The molecule has 1 heterocycles. The Balaban J connectivity index is 1.85. The highest BCUT2D eigenvalue weighted by Crippen LogP contribution is 2.30. The van der Waals surface area contributed by atoms with Crippen molar-refractivity contribution in [3.05, 3.63) is 33.0 Å². The fraction of sp³-hybridized carbons (Fsp3) is 0.455. The van der Waals surface area contributed by atoms with Gasteiger partial charge in [0, 0.05) is 28.4 Å². The third-order valence-corrected chi connectivity index (χ3v) is 3.86. The fourth-order valence-corrected chi connectivity index (χ4v) is 3.12. The van der Waals surface area contributed by atoms with Crippen molar-refractivity contribution in [2.24, 2.45) is 0 Å². The minimum Gasteiger partial charge on any atom is -0.308 e. The van der Waals surface area contributed by atoms with E-state index in [4.69, 9.17) is 11.6 Å². The van der Waals surface area contributed by atoms with E-state index in [1.165, 1.54) is 24.1 Å². The molecule has 76 valence electrons. The normalized spacial score (nSPS) is 15.2. The molecule has 0 atom stereocenters. The molecule has 0 amide bonds. The van der Waals surface area contributed by atoms with E-state index in [0.29, 0.717) is 0 Å². The van der Waals surface area contributed by atoms with Crippen molar-refractivity contribution in [2.45, 2.75) is 25.8 Å². The van der Waals surface area contributed by atoms with Gasteiger partial charge in [-0.3, -0.25) is 0 Å². The summed E-state index contributed by atoms with van der Waals surface area (Å²) in [5, 5.41) is 3.33. The van der Waals surface area contributed by atoms with Crippen molar-refractivity contribution >= 4 is 22.9 Å². The van der Waals surface area contributed by atoms with Gasteiger partial charge in [0.05, 0.1) is 0 Å². The van der Waals surface area contributed by atoms with Crippen LogP contribution in [0.2, 0.25) is 0 Å². The van der Waals surface area contributed by atoms with Gasteiger partial charge < -0.3 is 5.32 Å². The quantitative estimate of drug-likeness (QED) is 0.780. The second-order valence-electron chi connectivity index (χ2n) is 3.51. The number of fused-ring (bicyclic) bond motifs is 1. The summed E-state index contributed by atoms with van der Waals surface area (Å²) in [4.78, 5) is 3.06. The average Bonchev–Trinajstić information content (AvgIpc) is 2.72. The van der Waals surface area contributed by atoms with Crippen molar-refractivity contribution < 1.29 is 0 Å². The van der Waals surface area contributed by atoms with E-state index < -0.39 is 0 Å². The Morgan fingerprint density at radius 1 is 1.50 bits per heavy atom. The molecule has 1 nitrogen and oxygen atoms in total. The zero-order chi connectivity index (χ0) is 9.80. The monoisotopic (exact) mass is 227 g/mol. The number of halogens is 1. The number of thiophene rings is 1. The average molecular weight is 228 g/mol. The first-order chi connectivity index (χ1) is 6.90. The molecule has 1 N–H and O–H groups in total. The first-order valence-electron chi connectivity index (χ1n) is 4.96. The van der Waals surface area contributed by atoms with Gasteiger partial charge in [0.2, 0.25) is 0 Å². The largest absolute Gasteiger partial charge is 0.308 e. The topological polar surface area (TPSA) is 12.0 Å². The summed E-state index contributed by atoms with van der Waals surface area (Å²) in [6.45, 7) is 1.82. The molecule has 14 heavy (non-hydrogen) atoms. The highest BCUT2D eigenvalue weighted by molar-refractivity contribution is 7.12. The standard InChI is InChI=1S/C11H14ClNS/c12-5-2-6-13-8-10-7-9-3-1-4-11(9)14-10/h2,5,7,13H,1,3-4,6,8H2/b5-2+. The predicted octanol–water partition coefficient (Wildman–Crippen LogP) is 3.08. The Hall–Kier alpha value is -0.310. The Morgan fingerprint density at radius 3 is 3.21 bits per heavy atom. The summed E-state index contributed by atoms with van der Waals surface area (Å²) in [6.07, 6.45) is 5.85. The van der Waals surface area contributed by atoms with Gasteiger partial charge in [-0.25, -0.2) is 0 Å². The van der Waals surface area contributed by atoms with Crippen LogP contribution in [0, 0.1) is 0 Å². The SMILES string of the molecule is Cl/C=C/CNCc1cc2c(s1)CCC2. The third-order valence-electron chi connectivity index (χ3n) is 2.45. The zero-order valence-electron chi connectivity index (χ0n) is 8.05. The highest BCUT2D eigenvalue weighted by Gasteiger charge is 2.13. The molecule has 1 aliphatic carbocycles. The third kappa shape index (κ3) is 2.38. The molecule has 1 aromatic rings. The summed E-state index contributed by atoms with van der Waals surface area (Å²) in [5.74, 6) is 0. The molecule has 3 heteroatoms.